The van der Waals surface area contributed by atoms with Crippen LogP contribution in [-0.2, 0) is 4.79 Å². The molecular weight excluding hydrogens is 440 g/mol. The van der Waals surface area contributed by atoms with E-state index in [1.807, 2.05) is 73.7 Å². The number of fused-ring (bicyclic) bond motifs is 2. The predicted molar refractivity (Wildman–Crippen MR) is 138 cm³/mol. The fourth-order valence-corrected chi connectivity index (χ4v) is 5.00. The van der Waals surface area contributed by atoms with Gasteiger partial charge in [0.15, 0.2) is 11.5 Å². The van der Waals surface area contributed by atoms with Gasteiger partial charge in [0.1, 0.15) is 11.5 Å². The van der Waals surface area contributed by atoms with Crippen molar-refractivity contribution in [3.05, 3.63) is 89.6 Å². The third-order valence-electron chi connectivity index (χ3n) is 6.72. The van der Waals surface area contributed by atoms with Crippen LogP contribution in [0.1, 0.15) is 36.4 Å². The van der Waals surface area contributed by atoms with Gasteiger partial charge in [-0.25, -0.2) is 0 Å². The van der Waals surface area contributed by atoms with Crippen LogP contribution in [0.4, 0.5) is 11.4 Å². The lowest BCUT2D eigenvalue weighted by Crippen LogP contribution is -2.33. The summed E-state index contributed by atoms with van der Waals surface area (Å²) in [6.07, 6.45) is 2.64. The van der Waals surface area contributed by atoms with Gasteiger partial charge in [0.2, 0.25) is 0 Å². The molecule has 3 unspecified atom stereocenters. The number of hydrogen-bond acceptors (Lipinski definition) is 6. The zero-order chi connectivity index (χ0) is 24.4. The number of para-hydroxylation sites is 2. The van der Waals surface area contributed by atoms with E-state index in [0.717, 1.165) is 33.9 Å². The molecule has 0 saturated heterocycles. The summed E-state index contributed by atoms with van der Waals surface area (Å²) < 4.78 is 16.6. The van der Waals surface area contributed by atoms with E-state index in [9.17, 15) is 4.79 Å². The number of nitrogens with one attached hydrogen (secondary N) is 2. The number of Topliss-reactive ketones (excluding diaryl/α,β-unsaturated/α-hetero) is 1. The average Bonchev–Trinajstić information content (AvgIpc) is 3.06. The molecule has 1 aliphatic carbocycles. The van der Waals surface area contributed by atoms with E-state index in [1.165, 1.54) is 0 Å². The fourth-order valence-electron chi connectivity index (χ4n) is 5.00. The molecule has 2 N–H and O–H groups in total. The zero-order valence-corrected chi connectivity index (χ0v) is 20.2. The fraction of sp³-hybridized carbons (Fsp3) is 0.276. The molecule has 35 heavy (non-hydrogen) atoms. The highest BCUT2D eigenvalue weighted by Crippen LogP contribution is 2.45. The van der Waals surface area contributed by atoms with Crippen molar-refractivity contribution in [3.63, 3.8) is 0 Å². The molecule has 0 radical (unpaired) electrons. The van der Waals surface area contributed by atoms with Crippen molar-refractivity contribution < 1.29 is 19.0 Å². The molecule has 6 heteroatoms. The third kappa shape index (κ3) is 4.44. The van der Waals surface area contributed by atoms with Crippen LogP contribution < -0.4 is 24.8 Å². The summed E-state index contributed by atoms with van der Waals surface area (Å²) >= 11 is 0. The van der Waals surface area contributed by atoms with Gasteiger partial charge in [0.05, 0.1) is 44.2 Å². The Morgan fingerprint density at radius 2 is 1.63 bits per heavy atom. The second kappa shape index (κ2) is 9.74. The average molecular weight is 471 g/mol. The number of hydrogen-bond donors (Lipinski definition) is 2. The molecule has 2 aliphatic rings. The first-order valence-electron chi connectivity index (χ1n) is 11.9. The highest BCUT2D eigenvalue weighted by molar-refractivity contribution is 5.90. The topological polar surface area (TPSA) is 68.8 Å². The predicted octanol–water partition coefficient (Wildman–Crippen LogP) is 5.94. The van der Waals surface area contributed by atoms with Gasteiger partial charge < -0.3 is 24.8 Å². The second-order valence-corrected chi connectivity index (χ2v) is 8.79. The molecule has 5 rings (SSSR count). The van der Waals surface area contributed by atoms with Gasteiger partial charge in [-0.1, -0.05) is 36.4 Å². The molecule has 0 spiro atoms. The maximum absolute atomic E-state index is 13.7. The van der Waals surface area contributed by atoms with Crippen molar-refractivity contribution in [2.75, 3.05) is 31.5 Å². The van der Waals surface area contributed by atoms with Gasteiger partial charge in [0, 0.05) is 18.0 Å². The largest absolute Gasteiger partial charge is 0.497 e. The normalized spacial score (nSPS) is 20.8. The summed E-state index contributed by atoms with van der Waals surface area (Å²) in [6, 6.07) is 21.6. The molecule has 0 bridgehead atoms. The molecule has 180 valence electrons. The lowest BCUT2D eigenvalue weighted by atomic mass is 9.76. The van der Waals surface area contributed by atoms with Gasteiger partial charge in [-0.2, -0.15) is 0 Å². The van der Waals surface area contributed by atoms with Crippen molar-refractivity contribution in [2.45, 2.75) is 25.3 Å². The minimum Gasteiger partial charge on any atom is -0.497 e. The minimum absolute atomic E-state index is 0.00654. The van der Waals surface area contributed by atoms with E-state index < -0.39 is 0 Å². The molecule has 0 aromatic heterocycles. The van der Waals surface area contributed by atoms with Crippen LogP contribution in [0.15, 0.2) is 78.5 Å². The highest BCUT2D eigenvalue weighted by Gasteiger charge is 2.40. The third-order valence-corrected chi connectivity index (χ3v) is 6.72. The Labute approximate surface area is 205 Å². The Morgan fingerprint density at radius 1 is 0.886 bits per heavy atom. The van der Waals surface area contributed by atoms with Gasteiger partial charge in [-0.15, -0.1) is 0 Å². The van der Waals surface area contributed by atoms with Crippen LogP contribution in [0.5, 0.6) is 17.2 Å². The quantitative estimate of drug-likeness (QED) is 0.465. The van der Waals surface area contributed by atoms with Crippen molar-refractivity contribution in [2.24, 2.45) is 5.92 Å². The van der Waals surface area contributed by atoms with Gasteiger partial charge >= 0.3 is 0 Å². The summed E-state index contributed by atoms with van der Waals surface area (Å²) in [5.74, 6) is 1.97. The van der Waals surface area contributed by atoms with Crippen LogP contribution in [-0.4, -0.2) is 26.6 Å². The van der Waals surface area contributed by atoms with Crippen LogP contribution >= 0.6 is 0 Å². The minimum atomic E-state index is -0.362. The molecule has 6 nitrogen and oxygen atoms in total. The molecule has 0 saturated carbocycles. The maximum Gasteiger partial charge on any atom is 0.161 e. The van der Waals surface area contributed by atoms with E-state index in [2.05, 4.69) is 16.7 Å². The highest BCUT2D eigenvalue weighted by atomic mass is 16.5. The molecule has 1 heterocycles. The van der Waals surface area contributed by atoms with Crippen molar-refractivity contribution in [1.29, 1.82) is 0 Å². The Kier molecular flexibility index (Phi) is 6.36. The molecule has 0 fully saturated rings. The summed E-state index contributed by atoms with van der Waals surface area (Å²) in [5.41, 5.74) is 4.88. The number of carbonyl (C=O) groups is 1. The summed E-state index contributed by atoms with van der Waals surface area (Å²) in [7, 11) is 3.29. The molecule has 3 aromatic rings. The molecule has 3 atom stereocenters. The Bertz CT molecular complexity index is 1250. The second-order valence-electron chi connectivity index (χ2n) is 8.79. The Balaban J connectivity index is 1.58. The lowest BCUT2D eigenvalue weighted by Gasteiger charge is -2.32. The first kappa shape index (κ1) is 22.8. The summed E-state index contributed by atoms with van der Waals surface area (Å²) in [6.45, 7) is 2.50. The SMILES string of the molecule is CCOc1ccc(C2Nc3ccccc3NC3=CC(c4ccc(OC)cc4)CC(=O)C32)cc1OC. The number of methoxy groups -OCH3 is 2. The Hall–Kier alpha value is -3.93. The molecule has 1 aliphatic heterocycles. The number of carbonyl (C=O) groups excluding carboxylic acids is 1. The lowest BCUT2D eigenvalue weighted by molar-refractivity contribution is -0.122. The molecule has 0 amide bonds. The number of anilines is 2. The number of benzene rings is 3. The smallest absolute Gasteiger partial charge is 0.161 e. The van der Waals surface area contributed by atoms with Gasteiger partial charge in [0.25, 0.3) is 0 Å². The van der Waals surface area contributed by atoms with Crippen molar-refractivity contribution in [3.8, 4) is 17.2 Å². The number of allylic oxidation sites excluding steroid dienone is 1. The summed E-state index contributed by atoms with van der Waals surface area (Å²) in [5, 5.41) is 7.21. The number of rotatable bonds is 6. The van der Waals surface area contributed by atoms with E-state index >= 15 is 0 Å². The van der Waals surface area contributed by atoms with Gasteiger partial charge in [-0.3, -0.25) is 4.79 Å². The first-order valence-corrected chi connectivity index (χ1v) is 11.9. The van der Waals surface area contributed by atoms with Crippen LogP contribution in [0.25, 0.3) is 0 Å². The zero-order valence-electron chi connectivity index (χ0n) is 20.2. The van der Waals surface area contributed by atoms with E-state index in [0.29, 0.717) is 24.5 Å². The molecular formula is C29H30N2O4. The number of ketones is 1. The molecule has 3 aromatic carbocycles. The van der Waals surface area contributed by atoms with Crippen LogP contribution in [0, 0.1) is 5.92 Å². The first-order chi connectivity index (χ1) is 17.1. The van der Waals surface area contributed by atoms with E-state index in [4.69, 9.17) is 14.2 Å². The van der Waals surface area contributed by atoms with Crippen molar-refractivity contribution in [1.82, 2.24) is 0 Å². The maximum atomic E-state index is 13.7. The van der Waals surface area contributed by atoms with Crippen LogP contribution in [0.2, 0.25) is 0 Å². The Morgan fingerprint density at radius 3 is 2.34 bits per heavy atom. The monoisotopic (exact) mass is 470 g/mol. The summed E-state index contributed by atoms with van der Waals surface area (Å²) in [4.78, 5) is 13.7. The van der Waals surface area contributed by atoms with Crippen molar-refractivity contribution >= 4 is 17.2 Å². The van der Waals surface area contributed by atoms with E-state index in [1.54, 1.807) is 14.2 Å². The number of ether oxygens (including phenoxy) is 3. The van der Waals surface area contributed by atoms with Crippen LogP contribution in [0.3, 0.4) is 0 Å². The van der Waals surface area contributed by atoms with E-state index in [-0.39, 0.29) is 23.7 Å². The standard InChI is InChI=1S/C29H30N2O4/c1-4-35-26-14-11-19(17-27(26)34-3)29-28-24(30-22-7-5-6-8-23(22)31-29)15-20(16-25(28)32)18-9-12-21(33-2)13-10-18/h5-15,17,20,28-31H,4,16H2,1-3H3. The van der Waals surface area contributed by atoms with Gasteiger partial charge in [-0.05, 0) is 54.4 Å².